The van der Waals surface area contributed by atoms with Gasteiger partial charge in [-0.2, -0.15) is 0 Å². The molecule has 0 amide bonds. The van der Waals surface area contributed by atoms with E-state index in [1.165, 1.54) is 42.5 Å². The van der Waals surface area contributed by atoms with E-state index >= 15 is 8.78 Å². The minimum atomic E-state index is -2.97. The molecule has 3 rings (SSSR count). The topological polar surface area (TPSA) is 48.4 Å². The van der Waals surface area contributed by atoms with E-state index in [0.29, 0.717) is 27.6 Å². The van der Waals surface area contributed by atoms with E-state index in [2.05, 4.69) is 4.98 Å². The van der Waals surface area contributed by atoms with E-state index in [1.807, 2.05) is 9.24 Å². The first kappa shape index (κ1) is 27.1. The van der Waals surface area contributed by atoms with Crippen LogP contribution in [0.15, 0.2) is 42.5 Å². The van der Waals surface area contributed by atoms with Crippen molar-refractivity contribution in [1.29, 1.82) is 0 Å². The van der Waals surface area contributed by atoms with Gasteiger partial charge in [0.15, 0.2) is 18.2 Å². The van der Waals surface area contributed by atoms with Crippen LogP contribution in [0, 0.1) is 13.8 Å². The zero-order valence-electron chi connectivity index (χ0n) is 19.7. The highest BCUT2D eigenvalue weighted by molar-refractivity contribution is 7.18. The van der Waals surface area contributed by atoms with Crippen LogP contribution in [0.25, 0.3) is 10.6 Å². The molecule has 4 nitrogen and oxygen atoms in total. The summed E-state index contributed by atoms with van der Waals surface area (Å²) in [6.07, 6.45) is -2.05. The summed E-state index contributed by atoms with van der Waals surface area (Å²) < 4.78 is 68.5. The number of halogens is 4. The smallest absolute Gasteiger partial charge is 0.344 e. The number of carbonyl (C=O) groups is 1. The second-order valence-corrected chi connectivity index (χ2v) is 10.0. The number of aryl methyl sites for hydroxylation is 2. The lowest BCUT2D eigenvalue weighted by Crippen LogP contribution is -2.19. The first-order valence-electron chi connectivity index (χ1n) is 10.8. The van der Waals surface area contributed by atoms with Gasteiger partial charge < -0.3 is 9.47 Å². The standard InChI is InChI=1S/C25H26F4NO3PS/c1-5-32-20(31)13-33-19-11-10-18(12-14(19)2)25(29,34)22(26)21-15(3)30-23(35-21)16-6-8-17(9-7-16)24(4,27)28/h6-12,22H,5,13,34H2,1-4H3. The van der Waals surface area contributed by atoms with Crippen LogP contribution < -0.4 is 4.74 Å². The van der Waals surface area contributed by atoms with Crippen LogP contribution in [-0.2, 0) is 20.9 Å². The van der Waals surface area contributed by atoms with Gasteiger partial charge in [-0.25, -0.2) is 27.3 Å². The third kappa shape index (κ3) is 6.19. The Morgan fingerprint density at radius 3 is 2.31 bits per heavy atom. The Morgan fingerprint density at radius 2 is 1.74 bits per heavy atom. The molecule has 3 unspecified atom stereocenters. The van der Waals surface area contributed by atoms with Crippen molar-refractivity contribution in [3.63, 3.8) is 0 Å². The molecule has 0 spiro atoms. The van der Waals surface area contributed by atoms with E-state index in [1.54, 1.807) is 20.8 Å². The number of thiazole rings is 1. The Morgan fingerprint density at radius 1 is 1.11 bits per heavy atom. The zero-order valence-corrected chi connectivity index (χ0v) is 21.7. The van der Waals surface area contributed by atoms with E-state index in [0.717, 1.165) is 18.3 Å². The fraction of sp³-hybridized carbons (Fsp3) is 0.360. The first-order chi connectivity index (χ1) is 16.3. The molecule has 2 aromatic carbocycles. The van der Waals surface area contributed by atoms with E-state index in [4.69, 9.17) is 9.47 Å². The second kappa shape index (κ2) is 10.6. The molecule has 0 aliphatic carbocycles. The average molecular weight is 528 g/mol. The Hall–Kier alpha value is -2.51. The van der Waals surface area contributed by atoms with Gasteiger partial charge in [-0.1, -0.05) is 39.6 Å². The highest BCUT2D eigenvalue weighted by atomic mass is 32.1. The minimum Gasteiger partial charge on any atom is -0.482 e. The summed E-state index contributed by atoms with van der Waals surface area (Å²) in [5, 5.41) is -2.06. The quantitative estimate of drug-likeness (QED) is 0.168. The molecular formula is C25H26F4NO3PS. The molecule has 0 aliphatic heterocycles. The summed E-state index contributed by atoms with van der Waals surface area (Å²) in [7, 11) is 1.93. The first-order valence-corrected chi connectivity index (χ1v) is 12.2. The number of rotatable bonds is 9. The number of hydrogen-bond acceptors (Lipinski definition) is 5. The van der Waals surface area contributed by atoms with Crippen LogP contribution in [0.4, 0.5) is 17.6 Å². The molecule has 0 fully saturated rings. The number of alkyl halides is 4. The van der Waals surface area contributed by atoms with Gasteiger partial charge in [-0.15, -0.1) is 11.3 Å². The van der Waals surface area contributed by atoms with Crippen molar-refractivity contribution in [2.24, 2.45) is 0 Å². The van der Waals surface area contributed by atoms with Gasteiger partial charge in [0.2, 0.25) is 0 Å². The monoisotopic (exact) mass is 527 g/mol. The molecule has 1 heterocycles. The third-order valence-electron chi connectivity index (χ3n) is 5.34. The lowest BCUT2D eigenvalue weighted by Gasteiger charge is -2.25. The van der Waals surface area contributed by atoms with E-state index in [9.17, 15) is 13.6 Å². The molecule has 1 aromatic heterocycles. The van der Waals surface area contributed by atoms with Gasteiger partial charge in [-0.3, -0.25) is 0 Å². The van der Waals surface area contributed by atoms with Gasteiger partial charge >= 0.3 is 5.97 Å². The normalized spacial score (nSPS) is 14.3. The van der Waals surface area contributed by atoms with Crippen LogP contribution in [0.1, 0.15) is 47.3 Å². The number of carbonyl (C=O) groups excluding carboxylic acids is 1. The lowest BCUT2D eigenvalue weighted by atomic mass is 10.0. The Bertz CT molecular complexity index is 1190. The number of hydrogen-bond donors (Lipinski definition) is 0. The van der Waals surface area contributed by atoms with Crippen LogP contribution in [0.5, 0.6) is 5.75 Å². The second-order valence-electron chi connectivity index (χ2n) is 8.14. The molecule has 0 bridgehead atoms. The van der Waals surface area contributed by atoms with Gasteiger partial charge in [0.05, 0.1) is 17.2 Å². The van der Waals surface area contributed by atoms with Crippen LogP contribution >= 0.6 is 20.6 Å². The highest BCUT2D eigenvalue weighted by Gasteiger charge is 2.40. The fourth-order valence-corrected chi connectivity index (χ4v) is 4.98. The largest absolute Gasteiger partial charge is 0.482 e. The molecule has 0 N–H and O–H groups in total. The summed E-state index contributed by atoms with van der Waals surface area (Å²) in [6.45, 7) is 5.67. The van der Waals surface area contributed by atoms with Gasteiger partial charge in [0.25, 0.3) is 5.92 Å². The number of aromatic nitrogens is 1. The predicted octanol–water partition coefficient (Wildman–Crippen LogP) is 7.19. The van der Waals surface area contributed by atoms with E-state index < -0.39 is 23.5 Å². The number of nitrogens with zero attached hydrogens (tertiary/aromatic N) is 1. The summed E-state index contributed by atoms with van der Waals surface area (Å²) in [4.78, 5) is 15.9. The maximum atomic E-state index is 15.8. The Kier molecular flexibility index (Phi) is 8.22. The van der Waals surface area contributed by atoms with Crippen molar-refractivity contribution < 1.29 is 31.8 Å². The SMILES string of the molecule is CCOC(=O)COc1ccc(C(F)(P)C(F)c2sc(-c3ccc(C(C)(F)F)cc3)nc2C)cc1C. The number of esters is 1. The van der Waals surface area contributed by atoms with Crippen molar-refractivity contribution in [2.45, 2.75) is 45.2 Å². The average Bonchev–Trinajstić information content (AvgIpc) is 3.18. The lowest BCUT2D eigenvalue weighted by molar-refractivity contribution is -0.145. The molecule has 188 valence electrons. The Labute approximate surface area is 207 Å². The van der Waals surface area contributed by atoms with Gasteiger partial charge in [0, 0.05) is 18.1 Å². The summed E-state index contributed by atoms with van der Waals surface area (Å²) in [5.74, 6) is -3.15. The summed E-state index contributed by atoms with van der Waals surface area (Å²) in [5.41, 5.74) is 1.31. The highest BCUT2D eigenvalue weighted by Crippen LogP contribution is 2.50. The molecule has 0 aliphatic rings. The molecule has 0 saturated heterocycles. The maximum Gasteiger partial charge on any atom is 0.344 e. The molecule has 0 radical (unpaired) electrons. The van der Waals surface area contributed by atoms with Gasteiger partial charge in [0.1, 0.15) is 10.8 Å². The summed E-state index contributed by atoms with van der Waals surface area (Å²) in [6, 6.07) is 9.90. The zero-order chi connectivity index (χ0) is 26.0. The molecule has 0 saturated carbocycles. The maximum absolute atomic E-state index is 15.8. The van der Waals surface area contributed by atoms with Crippen molar-refractivity contribution in [1.82, 2.24) is 4.98 Å². The Balaban J connectivity index is 1.82. The van der Waals surface area contributed by atoms with Crippen molar-refractivity contribution in [3.8, 4) is 16.3 Å². The van der Waals surface area contributed by atoms with Crippen molar-refractivity contribution in [2.75, 3.05) is 13.2 Å². The predicted molar refractivity (Wildman–Crippen MR) is 132 cm³/mol. The minimum absolute atomic E-state index is 0.0693. The summed E-state index contributed by atoms with van der Waals surface area (Å²) >= 11 is 0.976. The van der Waals surface area contributed by atoms with E-state index in [-0.39, 0.29) is 29.2 Å². The molecule has 35 heavy (non-hydrogen) atoms. The van der Waals surface area contributed by atoms with Crippen LogP contribution in [0.3, 0.4) is 0 Å². The molecule has 3 atom stereocenters. The van der Waals surface area contributed by atoms with Crippen molar-refractivity contribution in [3.05, 3.63) is 69.7 Å². The third-order valence-corrected chi connectivity index (χ3v) is 7.21. The molecular weight excluding hydrogens is 501 g/mol. The fourth-order valence-electron chi connectivity index (χ4n) is 3.40. The molecule has 3 aromatic rings. The molecule has 10 heteroatoms. The van der Waals surface area contributed by atoms with Gasteiger partial charge in [-0.05, 0) is 44.0 Å². The van der Waals surface area contributed by atoms with Crippen LogP contribution in [0.2, 0.25) is 0 Å². The van der Waals surface area contributed by atoms with Crippen molar-refractivity contribution >= 4 is 26.5 Å². The van der Waals surface area contributed by atoms with Crippen LogP contribution in [-0.4, -0.2) is 24.2 Å². The number of ether oxygens (including phenoxy) is 2. The number of benzene rings is 2.